The number of aryl methyl sites for hydroxylation is 2. The van der Waals surface area contributed by atoms with Crippen molar-refractivity contribution in [1.29, 1.82) is 0 Å². The number of carboxylic acids is 1. The van der Waals surface area contributed by atoms with E-state index < -0.39 is 17.8 Å². The molecule has 0 bridgehead atoms. The summed E-state index contributed by atoms with van der Waals surface area (Å²) in [7, 11) is 0. The molecule has 0 saturated heterocycles. The predicted molar refractivity (Wildman–Crippen MR) is 82.2 cm³/mol. The molecule has 0 radical (unpaired) electrons. The maximum Gasteiger partial charge on any atom is 0.307 e. The Morgan fingerprint density at radius 2 is 1.71 bits per heavy atom. The highest BCUT2D eigenvalue weighted by atomic mass is 16.4. The van der Waals surface area contributed by atoms with Crippen LogP contribution in [0.2, 0.25) is 0 Å². The molecule has 1 amide bonds. The number of amides is 1. The quantitative estimate of drug-likeness (QED) is 0.838. The van der Waals surface area contributed by atoms with E-state index in [-0.39, 0.29) is 5.91 Å². The Morgan fingerprint density at radius 3 is 2.29 bits per heavy atom. The zero-order chi connectivity index (χ0) is 15.6. The molecule has 0 saturated carbocycles. The lowest BCUT2D eigenvalue weighted by molar-refractivity contribution is -0.146. The molecule has 2 rings (SSSR count). The van der Waals surface area contributed by atoms with Gasteiger partial charge in [0.2, 0.25) is 5.91 Å². The van der Waals surface area contributed by atoms with Gasteiger partial charge in [-0.1, -0.05) is 17.7 Å². The molecule has 4 nitrogen and oxygen atoms in total. The van der Waals surface area contributed by atoms with E-state index in [4.69, 9.17) is 0 Å². The van der Waals surface area contributed by atoms with Gasteiger partial charge >= 0.3 is 5.97 Å². The minimum Gasteiger partial charge on any atom is -0.481 e. The molecule has 112 valence electrons. The number of hydrogen-bond acceptors (Lipinski definition) is 2. The Balaban J connectivity index is 2.18. The first-order valence-electron chi connectivity index (χ1n) is 7.14. The fraction of sp³-hybridized carbons (Fsp3) is 0.412. The predicted octanol–water partition coefficient (Wildman–Crippen LogP) is 3.30. The van der Waals surface area contributed by atoms with Gasteiger partial charge in [-0.3, -0.25) is 9.59 Å². The van der Waals surface area contributed by atoms with E-state index in [2.05, 4.69) is 5.32 Å². The zero-order valence-electron chi connectivity index (χ0n) is 12.6. The summed E-state index contributed by atoms with van der Waals surface area (Å²) in [6.07, 6.45) is 2.85. The van der Waals surface area contributed by atoms with Crippen molar-refractivity contribution in [3.8, 4) is 0 Å². The summed E-state index contributed by atoms with van der Waals surface area (Å²) in [6, 6.07) is 5.82. The standard InChI is InChI=1S/C17H21NO3/c1-10-4-5-14(17(20)21)15(9-10)16(19)18-13-7-11(2)6-12(3)8-13/h4,6-8,14-15H,5,9H2,1-3H3,(H,18,19)(H,20,21). The van der Waals surface area contributed by atoms with Gasteiger partial charge in [-0.25, -0.2) is 0 Å². The molecule has 1 aliphatic carbocycles. The first kappa shape index (κ1) is 15.3. The minimum absolute atomic E-state index is 0.208. The van der Waals surface area contributed by atoms with Gasteiger partial charge in [-0.15, -0.1) is 0 Å². The molecule has 0 aliphatic heterocycles. The van der Waals surface area contributed by atoms with Crippen molar-refractivity contribution in [1.82, 2.24) is 0 Å². The van der Waals surface area contributed by atoms with Crippen molar-refractivity contribution in [3.05, 3.63) is 41.0 Å². The molecule has 0 fully saturated rings. The number of carbonyl (C=O) groups excluding carboxylic acids is 1. The van der Waals surface area contributed by atoms with Crippen LogP contribution in [0.4, 0.5) is 5.69 Å². The first-order chi connectivity index (χ1) is 9.86. The van der Waals surface area contributed by atoms with Gasteiger partial charge in [-0.05, 0) is 56.9 Å². The molecule has 21 heavy (non-hydrogen) atoms. The van der Waals surface area contributed by atoms with Crippen molar-refractivity contribution in [2.24, 2.45) is 11.8 Å². The first-order valence-corrected chi connectivity index (χ1v) is 7.14. The molecule has 1 aromatic rings. The van der Waals surface area contributed by atoms with Crippen LogP contribution in [0.15, 0.2) is 29.8 Å². The third kappa shape index (κ3) is 3.72. The fourth-order valence-electron chi connectivity index (χ4n) is 2.90. The van der Waals surface area contributed by atoms with E-state index in [0.717, 1.165) is 22.4 Å². The molecule has 2 unspecified atom stereocenters. The third-order valence-corrected chi connectivity index (χ3v) is 3.89. The molecule has 4 heteroatoms. The smallest absolute Gasteiger partial charge is 0.307 e. The van der Waals surface area contributed by atoms with Crippen molar-refractivity contribution in [2.75, 3.05) is 5.32 Å². The SMILES string of the molecule is CC1=CCC(C(=O)O)C(C(=O)Nc2cc(C)cc(C)c2)C1. The molecule has 1 aliphatic rings. The van der Waals surface area contributed by atoms with Crippen molar-refractivity contribution in [2.45, 2.75) is 33.6 Å². The Morgan fingerprint density at radius 1 is 1.10 bits per heavy atom. The second-order valence-electron chi connectivity index (χ2n) is 5.91. The summed E-state index contributed by atoms with van der Waals surface area (Å²) in [5.74, 6) is -2.26. The van der Waals surface area contributed by atoms with Crippen LogP contribution in [0.3, 0.4) is 0 Å². The monoisotopic (exact) mass is 287 g/mol. The molecule has 1 aromatic carbocycles. The molecule has 0 heterocycles. The summed E-state index contributed by atoms with van der Waals surface area (Å²) in [5, 5.41) is 12.2. The van der Waals surface area contributed by atoms with Crippen LogP contribution < -0.4 is 5.32 Å². The number of rotatable bonds is 3. The number of anilines is 1. The van der Waals surface area contributed by atoms with Crippen LogP contribution in [0.25, 0.3) is 0 Å². The second-order valence-corrected chi connectivity index (χ2v) is 5.91. The lowest BCUT2D eigenvalue weighted by Gasteiger charge is -2.26. The van der Waals surface area contributed by atoms with E-state index in [1.807, 2.05) is 45.0 Å². The highest BCUT2D eigenvalue weighted by molar-refractivity contribution is 5.95. The zero-order valence-corrected chi connectivity index (χ0v) is 12.6. The van der Waals surface area contributed by atoms with Gasteiger partial charge < -0.3 is 10.4 Å². The number of allylic oxidation sites excluding steroid dienone is 2. The maximum atomic E-state index is 12.4. The summed E-state index contributed by atoms with van der Waals surface area (Å²) in [6.45, 7) is 5.88. The summed E-state index contributed by atoms with van der Waals surface area (Å²) in [5.41, 5.74) is 3.95. The number of hydrogen-bond donors (Lipinski definition) is 2. The normalized spacial score (nSPS) is 21.6. The highest BCUT2D eigenvalue weighted by Gasteiger charge is 2.35. The molecule has 0 aromatic heterocycles. The van der Waals surface area contributed by atoms with Gasteiger partial charge in [0, 0.05) is 5.69 Å². The number of nitrogens with one attached hydrogen (secondary N) is 1. The number of aliphatic carboxylic acids is 1. The van der Waals surface area contributed by atoms with Gasteiger partial charge in [0.15, 0.2) is 0 Å². The average Bonchev–Trinajstić information content (AvgIpc) is 2.36. The van der Waals surface area contributed by atoms with Crippen molar-refractivity contribution < 1.29 is 14.7 Å². The van der Waals surface area contributed by atoms with E-state index in [0.29, 0.717) is 12.8 Å². The lowest BCUT2D eigenvalue weighted by atomic mass is 9.79. The lowest BCUT2D eigenvalue weighted by Crippen LogP contribution is -2.35. The van der Waals surface area contributed by atoms with Crippen LogP contribution in [0, 0.1) is 25.7 Å². The molecule has 0 spiro atoms. The van der Waals surface area contributed by atoms with Crippen molar-refractivity contribution in [3.63, 3.8) is 0 Å². The van der Waals surface area contributed by atoms with Gasteiger partial charge in [0.1, 0.15) is 0 Å². The minimum atomic E-state index is -0.903. The fourth-order valence-corrected chi connectivity index (χ4v) is 2.90. The Bertz CT molecular complexity index is 584. The summed E-state index contributed by atoms with van der Waals surface area (Å²) in [4.78, 5) is 23.8. The third-order valence-electron chi connectivity index (χ3n) is 3.89. The van der Waals surface area contributed by atoms with Crippen LogP contribution in [-0.2, 0) is 9.59 Å². The Kier molecular flexibility index (Phi) is 4.46. The van der Waals surface area contributed by atoms with Crippen LogP contribution in [-0.4, -0.2) is 17.0 Å². The highest BCUT2D eigenvalue weighted by Crippen LogP contribution is 2.31. The number of carboxylic acid groups (broad SMARTS) is 1. The van der Waals surface area contributed by atoms with Crippen molar-refractivity contribution >= 4 is 17.6 Å². The molecular weight excluding hydrogens is 266 g/mol. The molecule has 2 atom stereocenters. The Labute approximate surface area is 124 Å². The van der Waals surface area contributed by atoms with Gasteiger partial charge in [-0.2, -0.15) is 0 Å². The van der Waals surface area contributed by atoms with E-state index in [9.17, 15) is 14.7 Å². The number of carbonyl (C=O) groups is 2. The van der Waals surface area contributed by atoms with E-state index in [1.54, 1.807) is 0 Å². The topological polar surface area (TPSA) is 66.4 Å². The van der Waals surface area contributed by atoms with Crippen LogP contribution in [0.1, 0.15) is 30.9 Å². The Hall–Kier alpha value is -2.10. The maximum absolute atomic E-state index is 12.4. The van der Waals surface area contributed by atoms with Gasteiger partial charge in [0.25, 0.3) is 0 Å². The van der Waals surface area contributed by atoms with Gasteiger partial charge in [0.05, 0.1) is 11.8 Å². The summed E-state index contributed by atoms with van der Waals surface area (Å²) < 4.78 is 0. The molecular formula is C17H21NO3. The summed E-state index contributed by atoms with van der Waals surface area (Å²) >= 11 is 0. The van der Waals surface area contributed by atoms with E-state index >= 15 is 0 Å². The molecule has 2 N–H and O–H groups in total. The average molecular weight is 287 g/mol. The second kappa shape index (κ2) is 6.12. The van der Waals surface area contributed by atoms with Crippen LogP contribution in [0.5, 0.6) is 0 Å². The van der Waals surface area contributed by atoms with Crippen LogP contribution >= 0.6 is 0 Å². The number of benzene rings is 1. The van der Waals surface area contributed by atoms with E-state index in [1.165, 1.54) is 0 Å². The largest absolute Gasteiger partial charge is 0.481 e.